The molecule has 6 heteroatoms. The number of ether oxygens (including phenoxy) is 2. The number of piperazine rings is 1. The number of halogens is 1. The molecular weight excluding hydrogens is 382 g/mol. The third kappa shape index (κ3) is 4.64. The molecule has 1 aromatic carbocycles. The van der Waals surface area contributed by atoms with Gasteiger partial charge in [-0.25, -0.2) is 4.98 Å². The monoisotopic (exact) mass is 405 g/mol. The second kappa shape index (κ2) is 8.54. The molecule has 0 spiro atoms. The van der Waals surface area contributed by atoms with Crippen molar-refractivity contribution in [3.05, 3.63) is 46.6 Å². The maximum absolute atomic E-state index is 5.68. The van der Waals surface area contributed by atoms with Crippen molar-refractivity contribution in [1.29, 1.82) is 0 Å². The molecule has 0 aliphatic carbocycles. The summed E-state index contributed by atoms with van der Waals surface area (Å²) in [6, 6.07) is 10.3. The van der Waals surface area contributed by atoms with Gasteiger partial charge in [0.1, 0.15) is 5.82 Å². The minimum absolute atomic E-state index is 0.638. The lowest BCUT2D eigenvalue weighted by Gasteiger charge is -2.35. The Kier molecular flexibility index (Phi) is 6.15. The third-order valence-corrected chi connectivity index (χ3v) is 4.81. The van der Waals surface area contributed by atoms with Crippen molar-refractivity contribution in [1.82, 2.24) is 9.88 Å². The van der Waals surface area contributed by atoms with Gasteiger partial charge in [-0.05, 0) is 52.7 Å². The van der Waals surface area contributed by atoms with E-state index in [1.54, 1.807) is 7.11 Å². The van der Waals surface area contributed by atoms with Gasteiger partial charge in [0, 0.05) is 43.4 Å². The molecule has 0 radical (unpaired) electrons. The van der Waals surface area contributed by atoms with Crippen LogP contribution >= 0.6 is 15.9 Å². The normalized spacial score (nSPS) is 15.2. The topological polar surface area (TPSA) is 37.8 Å². The van der Waals surface area contributed by atoms with Gasteiger partial charge in [0.25, 0.3) is 0 Å². The quantitative estimate of drug-likeness (QED) is 0.734. The Morgan fingerprint density at radius 2 is 1.88 bits per heavy atom. The van der Waals surface area contributed by atoms with Crippen LogP contribution < -0.4 is 14.4 Å². The molecule has 0 amide bonds. The van der Waals surface area contributed by atoms with Gasteiger partial charge in [0.2, 0.25) is 0 Å². The smallest absolute Gasteiger partial charge is 0.161 e. The van der Waals surface area contributed by atoms with Gasteiger partial charge < -0.3 is 14.4 Å². The zero-order chi connectivity index (χ0) is 17.6. The lowest BCUT2D eigenvalue weighted by molar-refractivity contribution is 0.248. The summed E-state index contributed by atoms with van der Waals surface area (Å²) < 4.78 is 12.1. The summed E-state index contributed by atoms with van der Waals surface area (Å²) in [5.41, 5.74) is 1.25. The number of hydrogen-bond acceptors (Lipinski definition) is 5. The highest BCUT2D eigenvalue weighted by Gasteiger charge is 2.18. The van der Waals surface area contributed by atoms with Gasteiger partial charge in [0.15, 0.2) is 11.5 Å². The standard InChI is InChI=1S/C19H24BrN3O2/c1-3-25-18-12-15(4-6-17(18)24-2)14-22-8-10-23(11-9-22)19-7-5-16(20)13-21-19/h4-7,12-13H,3,8-11,14H2,1-2H3. The van der Waals surface area contributed by atoms with Crippen LogP contribution in [0.5, 0.6) is 11.5 Å². The van der Waals surface area contributed by atoms with Crippen molar-refractivity contribution in [3.63, 3.8) is 0 Å². The average molecular weight is 406 g/mol. The Morgan fingerprint density at radius 3 is 2.52 bits per heavy atom. The number of benzene rings is 1. The molecule has 1 aliphatic rings. The number of rotatable bonds is 6. The number of aromatic nitrogens is 1. The molecule has 2 heterocycles. The van der Waals surface area contributed by atoms with E-state index in [1.165, 1.54) is 5.56 Å². The number of pyridine rings is 1. The molecule has 2 aromatic rings. The van der Waals surface area contributed by atoms with Gasteiger partial charge in [-0.3, -0.25) is 4.90 Å². The Hall–Kier alpha value is -1.79. The van der Waals surface area contributed by atoms with Crippen LogP contribution in [0.3, 0.4) is 0 Å². The predicted octanol–water partition coefficient (Wildman–Crippen LogP) is 3.57. The van der Waals surface area contributed by atoms with E-state index in [9.17, 15) is 0 Å². The van der Waals surface area contributed by atoms with Crippen molar-refractivity contribution in [2.24, 2.45) is 0 Å². The van der Waals surface area contributed by atoms with E-state index < -0.39 is 0 Å². The first-order valence-electron chi connectivity index (χ1n) is 8.58. The zero-order valence-electron chi connectivity index (χ0n) is 14.7. The number of nitrogens with zero attached hydrogens (tertiary/aromatic N) is 3. The van der Waals surface area contributed by atoms with E-state index >= 15 is 0 Å². The number of anilines is 1. The fourth-order valence-electron chi connectivity index (χ4n) is 3.04. The average Bonchev–Trinajstić information content (AvgIpc) is 2.64. The van der Waals surface area contributed by atoms with Gasteiger partial charge in [-0.15, -0.1) is 0 Å². The Morgan fingerprint density at radius 1 is 1.08 bits per heavy atom. The van der Waals surface area contributed by atoms with Crippen LogP contribution in [-0.2, 0) is 6.54 Å². The maximum Gasteiger partial charge on any atom is 0.161 e. The number of methoxy groups -OCH3 is 1. The van der Waals surface area contributed by atoms with Crippen LogP contribution in [0.4, 0.5) is 5.82 Å². The first-order chi connectivity index (χ1) is 12.2. The van der Waals surface area contributed by atoms with Crippen LogP contribution in [0.2, 0.25) is 0 Å². The van der Waals surface area contributed by atoms with E-state index in [1.807, 2.05) is 25.3 Å². The molecule has 3 rings (SSSR count). The van der Waals surface area contributed by atoms with Gasteiger partial charge in [0.05, 0.1) is 13.7 Å². The molecule has 25 heavy (non-hydrogen) atoms. The van der Waals surface area contributed by atoms with Crippen molar-refractivity contribution in [2.45, 2.75) is 13.5 Å². The SMILES string of the molecule is CCOc1cc(CN2CCN(c3ccc(Br)cn3)CC2)ccc1OC. The fraction of sp³-hybridized carbons (Fsp3) is 0.421. The predicted molar refractivity (Wildman–Crippen MR) is 104 cm³/mol. The van der Waals surface area contributed by atoms with Gasteiger partial charge in [-0.2, -0.15) is 0 Å². The van der Waals surface area contributed by atoms with E-state index in [4.69, 9.17) is 9.47 Å². The molecule has 0 N–H and O–H groups in total. The van der Waals surface area contributed by atoms with Gasteiger partial charge >= 0.3 is 0 Å². The van der Waals surface area contributed by atoms with E-state index in [0.717, 1.165) is 54.5 Å². The summed E-state index contributed by atoms with van der Waals surface area (Å²) in [5.74, 6) is 2.66. The Balaban J connectivity index is 1.58. The summed E-state index contributed by atoms with van der Waals surface area (Å²) in [7, 11) is 1.67. The van der Waals surface area contributed by atoms with Crippen LogP contribution in [0.25, 0.3) is 0 Å². The van der Waals surface area contributed by atoms with E-state index in [-0.39, 0.29) is 0 Å². The van der Waals surface area contributed by atoms with Crippen LogP contribution in [0, 0.1) is 0 Å². The first-order valence-corrected chi connectivity index (χ1v) is 9.37. The highest BCUT2D eigenvalue weighted by atomic mass is 79.9. The lowest BCUT2D eigenvalue weighted by atomic mass is 10.1. The summed E-state index contributed by atoms with van der Waals surface area (Å²) in [6.07, 6.45) is 1.86. The fourth-order valence-corrected chi connectivity index (χ4v) is 3.27. The molecule has 5 nitrogen and oxygen atoms in total. The van der Waals surface area contributed by atoms with E-state index in [2.05, 4.69) is 48.9 Å². The van der Waals surface area contributed by atoms with Crippen molar-refractivity contribution < 1.29 is 9.47 Å². The largest absolute Gasteiger partial charge is 0.493 e. The summed E-state index contributed by atoms with van der Waals surface area (Å²) in [4.78, 5) is 9.29. The van der Waals surface area contributed by atoms with Crippen molar-refractivity contribution in [3.8, 4) is 11.5 Å². The summed E-state index contributed by atoms with van der Waals surface area (Å²) in [6.45, 7) is 7.57. The first kappa shape index (κ1) is 18.0. The molecule has 0 unspecified atom stereocenters. The lowest BCUT2D eigenvalue weighted by Crippen LogP contribution is -2.46. The maximum atomic E-state index is 5.68. The molecule has 1 fully saturated rings. The summed E-state index contributed by atoms with van der Waals surface area (Å²) >= 11 is 3.43. The summed E-state index contributed by atoms with van der Waals surface area (Å²) in [5, 5.41) is 0. The second-order valence-corrected chi connectivity index (χ2v) is 6.93. The minimum atomic E-state index is 0.638. The molecule has 0 saturated carbocycles. The van der Waals surface area contributed by atoms with E-state index in [0.29, 0.717) is 6.61 Å². The third-order valence-electron chi connectivity index (χ3n) is 4.34. The van der Waals surface area contributed by atoms with Crippen molar-refractivity contribution >= 4 is 21.7 Å². The highest BCUT2D eigenvalue weighted by molar-refractivity contribution is 9.10. The van der Waals surface area contributed by atoms with Gasteiger partial charge in [-0.1, -0.05) is 6.07 Å². The molecule has 0 bridgehead atoms. The van der Waals surface area contributed by atoms with Crippen LogP contribution in [-0.4, -0.2) is 49.8 Å². The van der Waals surface area contributed by atoms with Crippen molar-refractivity contribution in [2.75, 3.05) is 44.8 Å². The molecule has 1 aromatic heterocycles. The van der Waals surface area contributed by atoms with Crippen LogP contribution in [0.15, 0.2) is 41.0 Å². The number of hydrogen-bond donors (Lipinski definition) is 0. The highest BCUT2D eigenvalue weighted by Crippen LogP contribution is 2.28. The van der Waals surface area contributed by atoms with Crippen LogP contribution in [0.1, 0.15) is 12.5 Å². The molecule has 0 atom stereocenters. The molecule has 134 valence electrons. The molecular formula is C19H24BrN3O2. The second-order valence-electron chi connectivity index (χ2n) is 6.02. The molecule has 1 saturated heterocycles. The Bertz CT molecular complexity index is 686. The minimum Gasteiger partial charge on any atom is -0.493 e. The Labute approximate surface area is 157 Å². The molecule has 1 aliphatic heterocycles. The zero-order valence-corrected chi connectivity index (χ0v) is 16.3.